The Balaban J connectivity index is 1.76. The number of ketones is 1. The molecule has 0 saturated heterocycles. The van der Waals surface area contributed by atoms with E-state index in [4.69, 9.17) is 32.7 Å². The smallest absolute Gasteiger partial charge is 0.416 e. The molecule has 0 aliphatic heterocycles. The minimum absolute atomic E-state index is 0.00571. The van der Waals surface area contributed by atoms with Gasteiger partial charge >= 0.3 is 6.18 Å². The molecule has 0 amide bonds. The first-order valence-corrected chi connectivity index (χ1v) is 11.8. The molecule has 0 N–H and O–H groups in total. The minimum Gasteiger partial charge on any atom is -0.459 e. The Labute approximate surface area is 220 Å². The lowest BCUT2D eigenvalue weighted by Crippen LogP contribution is -2.40. The Bertz CT molecular complexity index is 1530. The third kappa shape index (κ3) is 5.22. The molecule has 1 atom stereocenters. The average molecular weight is 544 g/mol. The molecule has 0 aromatic heterocycles. The number of carbonyl (C=O) groups excluding carboxylic acids is 1. The number of rotatable bonds is 7. The number of halogens is 5. The Kier molecular flexibility index (Phi) is 7.35. The molecule has 0 spiro atoms. The summed E-state index contributed by atoms with van der Waals surface area (Å²) in [7, 11) is 0. The van der Waals surface area contributed by atoms with Crippen molar-refractivity contribution in [3.63, 3.8) is 0 Å². The molecule has 0 fully saturated rings. The number of alkyl halides is 3. The van der Waals surface area contributed by atoms with E-state index in [-0.39, 0.29) is 33.7 Å². The molecule has 4 nitrogen and oxygen atoms in total. The number of Topliss-reactive ketones (excluding diaryl/α,β-unsaturated/α-hetero) is 1. The number of fused-ring (bicyclic) bond motifs is 1. The molecule has 4 aromatic rings. The van der Waals surface area contributed by atoms with Gasteiger partial charge in [0.25, 0.3) is 5.60 Å². The molecule has 0 heterocycles. The summed E-state index contributed by atoms with van der Waals surface area (Å²) in [5.41, 5.74) is -2.59. The second-order valence-corrected chi connectivity index (χ2v) is 8.85. The van der Waals surface area contributed by atoms with Crippen molar-refractivity contribution < 1.29 is 27.4 Å². The van der Waals surface area contributed by atoms with Crippen LogP contribution in [0.4, 0.5) is 13.2 Å². The van der Waals surface area contributed by atoms with Crippen LogP contribution in [0, 0.1) is 11.3 Å². The van der Waals surface area contributed by atoms with Gasteiger partial charge in [0, 0.05) is 18.1 Å². The summed E-state index contributed by atoms with van der Waals surface area (Å²) in [6, 6.07) is 21.5. The summed E-state index contributed by atoms with van der Waals surface area (Å²) in [4.78, 5) is 13.2. The van der Waals surface area contributed by atoms with Crippen LogP contribution in [-0.4, -0.2) is 5.78 Å². The molecule has 1 unspecified atom stereocenters. The normalized spacial score (nSPS) is 13.0. The van der Waals surface area contributed by atoms with Crippen LogP contribution < -0.4 is 9.47 Å². The van der Waals surface area contributed by atoms with E-state index in [1.165, 1.54) is 18.2 Å². The van der Waals surface area contributed by atoms with Crippen molar-refractivity contribution in [3.8, 4) is 23.3 Å². The molecule has 4 rings (SSSR count). The van der Waals surface area contributed by atoms with E-state index in [1.807, 2.05) is 18.2 Å². The summed E-state index contributed by atoms with van der Waals surface area (Å²) >= 11 is 12.4. The number of carbonyl (C=O) groups is 1. The summed E-state index contributed by atoms with van der Waals surface area (Å²) < 4.78 is 50.7. The number of ether oxygens (including phenoxy) is 2. The van der Waals surface area contributed by atoms with E-state index in [1.54, 1.807) is 31.2 Å². The van der Waals surface area contributed by atoms with Gasteiger partial charge in [-0.3, -0.25) is 4.79 Å². The van der Waals surface area contributed by atoms with Crippen LogP contribution in [0.1, 0.15) is 24.5 Å². The van der Waals surface area contributed by atoms with Crippen LogP contribution in [-0.2, 0) is 16.6 Å². The Morgan fingerprint density at radius 1 is 0.919 bits per heavy atom. The largest absolute Gasteiger partial charge is 0.459 e. The van der Waals surface area contributed by atoms with Crippen molar-refractivity contribution in [1.82, 2.24) is 0 Å². The fourth-order valence-electron chi connectivity index (χ4n) is 3.87. The lowest BCUT2D eigenvalue weighted by molar-refractivity contribution is -0.137. The van der Waals surface area contributed by atoms with Crippen LogP contribution in [0.15, 0.2) is 78.9 Å². The molecule has 0 aliphatic carbocycles. The predicted molar refractivity (Wildman–Crippen MR) is 135 cm³/mol. The van der Waals surface area contributed by atoms with Crippen LogP contribution in [0.2, 0.25) is 10.0 Å². The molecule has 4 aromatic carbocycles. The fourth-order valence-corrected chi connectivity index (χ4v) is 4.24. The Hall–Kier alpha value is -3.73. The third-order valence-electron chi connectivity index (χ3n) is 5.69. The molecular formula is C28H18Cl2F3NO3. The zero-order chi connectivity index (χ0) is 26.8. The molecule has 0 radical (unpaired) electrons. The molecule has 9 heteroatoms. The summed E-state index contributed by atoms with van der Waals surface area (Å²) in [6.45, 7) is 1.62. The number of nitriles is 1. The monoisotopic (exact) mass is 543 g/mol. The summed E-state index contributed by atoms with van der Waals surface area (Å²) in [6.07, 6.45) is -4.55. The maximum atomic E-state index is 13.2. The fraction of sp³-hybridized carbons (Fsp3) is 0.143. The first-order chi connectivity index (χ1) is 17.6. The molecular weight excluding hydrogens is 526 g/mol. The zero-order valence-corrected chi connectivity index (χ0v) is 20.8. The highest BCUT2D eigenvalue weighted by atomic mass is 35.5. The van der Waals surface area contributed by atoms with Gasteiger partial charge in [-0.1, -0.05) is 72.6 Å². The van der Waals surface area contributed by atoms with E-state index in [9.17, 15) is 23.2 Å². The molecule has 0 aliphatic rings. The predicted octanol–water partition coefficient (Wildman–Crippen LogP) is 8.73. The van der Waals surface area contributed by atoms with Crippen molar-refractivity contribution in [2.24, 2.45) is 0 Å². The number of hydrogen-bond donors (Lipinski definition) is 0. The van der Waals surface area contributed by atoms with Crippen molar-refractivity contribution in [2.75, 3.05) is 0 Å². The van der Waals surface area contributed by atoms with E-state index in [2.05, 4.69) is 6.07 Å². The lowest BCUT2D eigenvalue weighted by atomic mass is 9.85. The molecule has 37 heavy (non-hydrogen) atoms. The van der Waals surface area contributed by atoms with Crippen LogP contribution in [0.25, 0.3) is 10.8 Å². The second kappa shape index (κ2) is 10.3. The van der Waals surface area contributed by atoms with Crippen LogP contribution in [0.3, 0.4) is 0 Å². The highest BCUT2D eigenvalue weighted by molar-refractivity contribution is 6.32. The number of benzene rings is 4. The van der Waals surface area contributed by atoms with Gasteiger partial charge in [-0.15, -0.1) is 0 Å². The van der Waals surface area contributed by atoms with Gasteiger partial charge in [-0.2, -0.15) is 18.4 Å². The van der Waals surface area contributed by atoms with Crippen molar-refractivity contribution in [1.29, 1.82) is 5.26 Å². The molecule has 0 bridgehead atoms. The van der Waals surface area contributed by atoms with E-state index in [0.717, 1.165) is 23.6 Å². The van der Waals surface area contributed by atoms with Gasteiger partial charge in [0.1, 0.15) is 23.3 Å². The van der Waals surface area contributed by atoms with Gasteiger partial charge in [-0.05, 0) is 41.1 Å². The minimum atomic E-state index is -4.56. The van der Waals surface area contributed by atoms with Crippen LogP contribution in [0.5, 0.6) is 17.2 Å². The highest BCUT2D eigenvalue weighted by Gasteiger charge is 2.44. The van der Waals surface area contributed by atoms with E-state index < -0.39 is 23.1 Å². The van der Waals surface area contributed by atoms with Crippen LogP contribution >= 0.6 is 23.2 Å². The molecule has 0 saturated carbocycles. The van der Waals surface area contributed by atoms with E-state index in [0.29, 0.717) is 10.9 Å². The SMILES string of the molecule is CCC(=O)C(C#N)(Oc1cc(Oc2ccc(C(F)(F)F)cc2Cl)ccc1Cl)c1cccc2ccccc12. The maximum Gasteiger partial charge on any atom is 0.416 e. The Morgan fingerprint density at radius 2 is 1.65 bits per heavy atom. The van der Waals surface area contributed by atoms with Gasteiger partial charge in [0.15, 0.2) is 5.78 Å². The molecule has 188 valence electrons. The van der Waals surface area contributed by atoms with Crippen molar-refractivity contribution in [2.45, 2.75) is 25.1 Å². The maximum absolute atomic E-state index is 13.2. The van der Waals surface area contributed by atoms with Gasteiger partial charge in [0.05, 0.1) is 15.6 Å². The standard InChI is InChI=1S/C28H18Cl2F3NO3/c1-2-26(35)27(16-34,21-9-5-7-17-6-3-4-8-20(17)21)37-25-15-19(11-12-22(25)29)36-24-13-10-18(14-23(24)30)28(31,32)33/h3-15H,2H2,1H3. The second-order valence-electron chi connectivity index (χ2n) is 8.04. The number of nitrogens with zero attached hydrogens (tertiary/aromatic N) is 1. The third-order valence-corrected chi connectivity index (χ3v) is 6.30. The summed E-state index contributed by atoms with van der Waals surface area (Å²) in [5.74, 6) is -0.430. The van der Waals surface area contributed by atoms with Gasteiger partial charge in [-0.25, -0.2) is 0 Å². The highest BCUT2D eigenvalue weighted by Crippen LogP contribution is 2.41. The quantitative estimate of drug-likeness (QED) is 0.234. The van der Waals surface area contributed by atoms with Crippen molar-refractivity contribution >= 4 is 39.8 Å². The average Bonchev–Trinajstić information content (AvgIpc) is 2.89. The first kappa shape index (κ1) is 26.3. The Morgan fingerprint density at radius 3 is 2.32 bits per heavy atom. The zero-order valence-electron chi connectivity index (χ0n) is 19.3. The van der Waals surface area contributed by atoms with Gasteiger partial charge < -0.3 is 9.47 Å². The van der Waals surface area contributed by atoms with Gasteiger partial charge in [0.2, 0.25) is 0 Å². The van der Waals surface area contributed by atoms with Crippen molar-refractivity contribution in [3.05, 3.63) is 100 Å². The summed E-state index contributed by atoms with van der Waals surface area (Å²) in [5, 5.41) is 11.6. The number of hydrogen-bond acceptors (Lipinski definition) is 4. The first-order valence-electron chi connectivity index (χ1n) is 11.0. The topological polar surface area (TPSA) is 59.3 Å². The lowest BCUT2D eigenvalue weighted by Gasteiger charge is -2.28. The van der Waals surface area contributed by atoms with E-state index >= 15 is 0 Å².